The Balaban J connectivity index is 1.93. The van der Waals surface area contributed by atoms with E-state index < -0.39 is 0 Å². The van der Waals surface area contributed by atoms with Gasteiger partial charge in [-0.15, -0.1) is 0 Å². The van der Waals surface area contributed by atoms with Crippen molar-refractivity contribution in [2.24, 2.45) is 5.73 Å². The van der Waals surface area contributed by atoms with E-state index in [2.05, 4.69) is 21.6 Å². The summed E-state index contributed by atoms with van der Waals surface area (Å²) in [6.45, 7) is 0. The largest absolute Gasteiger partial charge is 0.326 e. The van der Waals surface area contributed by atoms with Crippen LogP contribution in [0.4, 0.5) is 5.69 Å². The Kier molecular flexibility index (Phi) is 2.60. The smallest absolute Gasteiger partial charge is 0.224 e. The standard InChI is InChI=1S/C13H14N4O/c14-13(11-5-6-15-17-11)9-1-3-10-8(7-9)2-4-12(18)16-10/h1,3,5-7,13H,2,4,14H2,(H,15,17)(H,16,18). The highest BCUT2D eigenvalue weighted by atomic mass is 16.1. The second kappa shape index (κ2) is 4.27. The van der Waals surface area contributed by atoms with Gasteiger partial charge in [0.25, 0.3) is 0 Å². The molecule has 0 aliphatic carbocycles. The number of amides is 1. The zero-order valence-electron chi connectivity index (χ0n) is 9.81. The van der Waals surface area contributed by atoms with Crippen molar-refractivity contribution in [3.63, 3.8) is 0 Å². The fourth-order valence-corrected chi connectivity index (χ4v) is 2.22. The summed E-state index contributed by atoms with van der Waals surface area (Å²) >= 11 is 0. The number of carbonyl (C=O) groups excluding carboxylic acids is 1. The Bertz CT molecular complexity index is 577. The minimum Gasteiger partial charge on any atom is -0.326 e. The lowest BCUT2D eigenvalue weighted by atomic mass is 9.96. The maximum atomic E-state index is 11.3. The van der Waals surface area contributed by atoms with Crippen molar-refractivity contribution >= 4 is 11.6 Å². The number of nitrogens with two attached hydrogens (primary N) is 1. The van der Waals surface area contributed by atoms with E-state index in [1.165, 1.54) is 0 Å². The van der Waals surface area contributed by atoms with E-state index in [0.29, 0.717) is 6.42 Å². The number of H-pyrrole nitrogens is 1. The van der Waals surface area contributed by atoms with E-state index in [1.807, 2.05) is 18.2 Å². The van der Waals surface area contributed by atoms with E-state index >= 15 is 0 Å². The number of nitrogens with zero attached hydrogens (tertiary/aromatic N) is 1. The molecule has 1 atom stereocenters. The van der Waals surface area contributed by atoms with Gasteiger partial charge in [0.15, 0.2) is 0 Å². The quantitative estimate of drug-likeness (QED) is 0.743. The van der Waals surface area contributed by atoms with Gasteiger partial charge in [0, 0.05) is 18.3 Å². The van der Waals surface area contributed by atoms with Gasteiger partial charge in [-0.2, -0.15) is 5.10 Å². The van der Waals surface area contributed by atoms with Crippen LogP contribution < -0.4 is 11.1 Å². The summed E-state index contributed by atoms with van der Waals surface area (Å²) in [7, 11) is 0. The third kappa shape index (κ3) is 1.89. The third-order valence-electron chi connectivity index (χ3n) is 3.24. The first-order valence-corrected chi connectivity index (χ1v) is 5.91. The van der Waals surface area contributed by atoms with Crippen LogP contribution in [0.5, 0.6) is 0 Å². The highest BCUT2D eigenvalue weighted by Crippen LogP contribution is 2.27. The van der Waals surface area contributed by atoms with Crippen molar-refractivity contribution < 1.29 is 4.79 Å². The molecular formula is C13H14N4O. The lowest BCUT2D eigenvalue weighted by Crippen LogP contribution is -2.20. The van der Waals surface area contributed by atoms with Crippen molar-refractivity contribution in [3.8, 4) is 0 Å². The second-order valence-corrected chi connectivity index (χ2v) is 4.45. The van der Waals surface area contributed by atoms with Gasteiger partial charge >= 0.3 is 0 Å². The third-order valence-corrected chi connectivity index (χ3v) is 3.24. The number of hydrogen-bond acceptors (Lipinski definition) is 3. The molecule has 1 aliphatic rings. The molecule has 1 unspecified atom stereocenters. The molecule has 18 heavy (non-hydrogen) atoms. The average molecular weight is 242 g/mol. The second-order valence-electron chi connectivity index (χ2n) is 4.45. The Hall–Kier alpha value is -2.14. The van der Waals surface area contributed by atoms with E-state index in [4.69, 9.17) is 5.73 Å². The number of hydrogen-bond donors (Lipinski definition) is 3. The Morgan fingerprint density at radius 1 is 1.28 bits per heavy atom. The van der Waals surface area contributed by atoms with Crippen LogP contribution in [0.1, 0.15) is 29.3 Å². The molecule has 5 heteroatoms. The number of nitrogens with one attached hydrogen (secondary N) is 2. The molecule has 0 radical (unpaired) electrons. The van der Waals surface area contributed by atoms with E-state index in [9.17, 15) is 4.79 Å². The number of aromatic amines is 1. The molecule has 1 amide bonds. The maximum absolute atomic E-state index is 11.3. The van der Waals surface area contributed by atoms with Crippen LogP contribution in [0.25, 0.3) is 0 Å². The molecule has 92 valence electrons. The van der Waals surface area contributed by atoms with Crippen molar-refractivity contribution in [2.45, 2.75) is 18.9 Å². The van der Waals surface area contributed by atoms with Crippen LogP contribution in [0.3, 0.4) is 0 Å². The molecule has 0 saturated carbocycles. The average Bonchev–Trinajstić information content (AvgIpc) is 2.91. The highest BCUT2D eigenvalue weighted by Gasteiger charge is 2.17. The summed E-state index contributed by atoms with van der Waals surface area (Å²) in [6.07, 6.45) is 2.99. The molecule has 2 aromatic rings. The zero-order valence-corrected chi connectivity index (χ0v) is 9.81. The molecule has 4 N–H and O–H groups in total. The van der Waals surface area contributed by atoms with Crippen LogP contribution in [0.15, 0.2) is 30.5 Å². The van der Waals surface area contributed by atoms with E-state index in [1.54, 1.807) is 6.20 Å². The molecule has 0 saturated heterocycles. The van der Waals surface area contributed by atoms with Crippen molar-refractivity contribution in [1.29, 1.82) is 0 Å². The van der Waals surface area contributed by atoms with Gasteiger partial charge in [0.1, 0.15) is 0 Å². The normalized spacial score (nSPS) is 15.9. The minimum absolute atomic E-state index is 0.0770. The number of aryl methyl sites for hydroxylation is 1. The van der Waals surface area contributed by atoms with Crippen LogP contribution in [-0.4, -0.2) is 16.1 Å². The van der Waals surface area contributed by atoms with Gasteiger partial charge in [-0.05, 0) is 29.7 Å². The molecule has 0 bridgehead atoms. The summed E-state index contributed by atoms with van der Waals surface area (Å²) in [5.41, 5.74) is 10.1. The Morgan fingerprint density at radius 2 is 2.17 bits per heavy atom. The Morgan fingerprint density at radius 3 is 2.94 bits per heavy atom. The van der Waals surface area contributed by atoms with Gasteiger partial charge in [-0.25, -0.2) is 0 Å². The van der Waals surface area contributed by atoms with Crippen molar-refractivity contribution in [1.82, 2.24) is 10.2 Å². The first kappa shape index (κ1) is 11.0. The van der Waals surface area contributed by atoms with Crippen molar-refractivity contribution in [2.75, 3.05) is 5.32 Å². The summed E-state index contributed by atoms with van der Waals surface area (Å²) in [5, 5.41) is 9.64. The molecule has 3 rings (SSSR count). The number of rotatable bonds is 2. The molecule has 1 aromatic carbocycles. The van der Waals surface area contributed by atoms with E-state index in [-0.39, 0.29) is 11.9 Å². The molecule has 1 aromatic heterocycles. The maximum Gasteiger partial charge on any atom is 0.224 e. The summed E-state index contributed by atoms with van der Waals surface area (Å²) in [6, 6.07) is 7.57. The monoisotopic (exact) mass is 242 g/mol. The predicted molar refractivity (Wildman–Crippen MR) is 68.0 cm³/mol. The van der Waals surface area contributed by atoms with Crippen LogP contribution in [0.2, 0.25) is 0 Å². The number of anilines is 1. The SMILES string of the molecule is NC(c1ccc2c(c1)CCC(=O)N2)c1ccn[nH]1. The zero-order chi connectivity index (χ0) is 12.5. The topological polar surface area (TPSA) is 83.8 Å². The van der Waals surface area contributed by atoms with E-state index in [0.717, 1.165) is 28.9 Å². The molecular weight excluding hydrogens is 228 g/mol. The minimum atomic E-state index is -0.213. The van der Waals surface area contributed by atoms with Gasteiger partial charge in [0.05, 0.1) is 11.7 Å². The summed E-state index contributed by atoms with van der Waals surface area (Å²) in [5.74, 6) is 0.0770. The lowest BCUT2D eigenvalue weighted by Gasteiger charge is -2.19. The number of fused-ring (bicyclic) bond motifs is 1. The van der Waals surface area contributed by atoms with Crippen molar-refractivity contribution in [3.05, 3.63) is 47.3 Å². The van der Waals surface area contributed by atoms with Crippen LogP contribution >= 0.6 is 0 Å². The molecule has 0 fully saturated rings. The van der Waals surface area contributed by atoms with Gasteiger partial charge < -0.3 is 11.1 Å². The molecule has 5 nitrogen and oxygen atoms in total. The molecule has 0 spiro atoms. The summed E-state index contributed by atoms with van der Waals surface area (Å²) in [4.78, 5) is 11.3. The number of carbonyl (C=O) groups is 1. The van der Waals surface area contributed by atoms with Crippen LogP contribution in [-0.2, 0) is 11.2 Å². The lowest BCUT2D eigenvalue weighted by molar-refractivity contribution is -0.116. The van der Waals surface area contributed by atoms with Crippen LogP contribution in [0, 0.1) is 0 Å². The first-order valence-electron chi connectivity index (χ1n) is 5.91. The summed E-state index contributed by atoms with van der Waals surface area (Å²) < 4.78 is 0. The molecule has 2 heterocycles. The molecule has 1 aliphatic heterocycles. The van der Waals surface area contributed by atoms with Gasteiger partial charge in [-0.1, -0.05) is 12.1 Å². The highest BCUT2D eigenvalue weighted by molar-refractivity contribution is 5.93. The number of aromatic nitrogens is 2. The fraction of sp³-hybridized carbons (Fsp3) is 0.231. The first-order chi connectivity index (χ1) is 8.74. The van der Waals surface area contributed by atoms with Gasteiger partial charge in [-0.3, -0.25) is 9.89 Å². The fourth-order valence-electron chi connectivity index (χ4n) is 2.22. The number of benzene rings is 1. The van der Waals surface area contributed by atoms with Gasteiger partial charge in [0.2, 0.25) is 5.91 Å². The predicted octanol–water partition coefficient (Wildman–Crippen LogP) is 1.34. The Labute approximate surface area is 104 Å².